The Morgan fingerprint density at radius 1 is 0.894 bits per heavy atom. The van der Waals surface area contributed by atoms with Crippen molar-refractivity contribution in [3.63, 3.8) is 0 Å². The number of ether oxygens (including phenoxy) is 1. The van der Waals surface area contributed by atoms with Crippen molar-refractivity contribution in [2.45, 2.75) is 37.4 Å². The number of aryl methyl sites for hydroxylation is 1. The Morgan fingerprint density at radius 3 is 2.04 bits per heavy atom. The van der Waals surface area contributed by atoms with E-state index in [1.54, 1.807) is 16.8 Å². The van der Waals surface area contributed by atoms with E-state index in [1.807, 2.05) is 60.7 Å². The van der Waals surface area contributed by atoms with Gasteiger partial charge < -0.3 is 40.1 Å². The van der Waals surface area contributed by atoms with E-state index in [2.05, 4.69) is 20.4 Å². The van der Waals surface area contributed by atoms with Gasteiger partial charge in [-0.25, -0.2) is 4.98 Å². The molecule has 17 nitrogen and oxygen atoms in total. The molecule has 2 aromatic carbocycles. The van der Waals surface area contributed by atoms with Crippen molar-refractivity contribution < 1.29 is 35.1 Å². The number of imidazole rings is 1. The van der Waals surface area contributed by atoms with Gasteiger partial charge in [-0.2, -0.15) is 14.8 Å². The molecule has 4 atom stereocenters. The van der Waals surface area contributed by atoms with Crippen molar-refractivity contribution >= 4 is 29.4 Å². The summed E-state index contributed by atoms with van der Waals surface area (Å²) in [7, 11) is 1.59. The number of anilines is 2. The maximum Gasteiger partial charge on any atom is 0.290 e. The molecule has 1 aliphatic heterocycles. The van der Waals surface area contributed by atoms with E-state index < -0.39 is 24.5 Å². The lowest BCUT2D eigenvalue weighted by Crippen LogP contribution is -2.32. The van der Waals surface area contributed by atoms with Gasteiger partial charge >= 0.3 is 0 Å². The molecule has 248 valence electrons. The van der Waals surface area contributed by atoms with E-state index in [9.17, 15) is 20.4 Å². The zero-order valence-electron chi connectivity index (χ0n) is 25.5. The van der Waals surface area contributed by atoms with Crippen LogP contribution in [0.15, 0.2) is 67.0 Å². The van der Waals surface area contributed by atoms with Crippen LogP contribution >= 0.6 is 0 Å². The fourth-order valence-electron chi connectivity index (χ4n) is 5.25. The summed E-state index contributed by atoms with van der Waals surface area (Å²) in [4.78, 5) is 27.0. The maximum absolute atomic E-state index is 11.0. The van der Waals surface area contributed by atoms with E-state index in [0.29, 0.717) is 37.3 Å². The van der Waals surface area contributed by atoms with Gasteiger partial charge in [-0.15, -0.1) is 10.2 Å². The van der Waals surface area contributed by atoms with Gasteiger partial charge in [0.25, 0.3) is 6.47 Å². The van der Waals surface area contributed by atoms with Gasteiger partial charge in [-0.05, 0) is 29.2 Å². The largest absolute Gasteiger partial charge is 0.483 e. The Bertz CT molecular complexity index is 1720. The molecule has 0 bridgehead atoms. The highest BCUT2D eigenvalue weighted by Gasteiger charge is 2.47. The highest BCUT2D eigenvalue weighted by atomic mass is 16.6. The predicted octanol–water partition coefficient (Wildman–Crippen LogP) is 0.0403. The minimum Gasteiger partial charge on any atom is -0.483 e. The Balaban J connectivity index is 0.00000139. The number of carboxylic acid groups (broad SMARTS) is 1. The first-order valence-corrected chi connectivity index (χ1v) is 14.8. The molecule has 6 rings (SSSR count). The summed E-state index contributed by atoms with van der Waals surface area (Å²) in [5.74, 6) is 0.674. The molecule has 0 saturated carbocycles. The first-order chi connectivity index (χ1) is 22.9. The van der Waals surface area contributed by atoms with Crippen molar-refractivity contribution in [1.82, 2.24) is 39.7 Å². The molecule has 1 aliphatic rings. The summed E-state index contributed by atoms with van der Waals surface area (Å²) in [5, 5.41) is 61.5. The Hall–Kier alpha value is -5.07. The van der Waals surface area contributed by atoms with E-state index >= 15 is 0 Å². The zero-order chi connectivity index (χ0) is 33.3. The number of aromatic nitrogens is 8. The fraction of sp³-hybridized carbons (Fsp3) is 0.367. The molecule has 1 fully saturated rings. The molecule has 17 heteroatoms. The lowest BCUT2D eigenvalue weighted by Gasteiger charge is -2.25. The minimum absolute atomic E-state index is 0.127. The minimum atomic E-state index is -1.37. The summed E-state index contributed by atoms with van der Waals surface area (Å²) >= 11 is 0. The van der Waals surface area contributed by atoms with E-state index in [0.717, 1.165) is 11.1 Å². The number of hydrogen-bond donors (Lipinski definition) is 5. The predicted molar refractivity (Wildman–Crippen MR) is 167 cm³/mol. The smallest absolute Gasteiger partial charge is 0.290 e. The SMILES string of the molecule is Cn1nnc([C@H]2O[C@@H](n3cnc4c(N(CO)CCc5ccccc5)nc(N(CO)CCc5ccccc5)nc43)[C@H](O)[C@@H]2O)n1.O=CO. The van der Waals surface area contributed by atoms with Gasteiger partial charge in [-0.1, -0.05) is 60.7 Å². The standard InChI is InChI=1S/C29H34N10O5.CH2O2/c1-36-34-25(33-35-36)24-22(42)23(43)28(44-24)39-16-30-21-26(37(17-40)14-12-19-8-4-2-5-9-19)31-29(32-27(21)39)38(18-41)15-13-20-10-6-3-7-11-20;2-1-3/h2-11,16,22-24,28,40-43H,12-15,17-18H2,1H3;1H,(H,2,3)/t22-,23+,24-,28+;/m0./s1. The van der Waals surface area contributed by atoms with Gasteiger partial charge in [0, 0.05) is 13.1 Å². The first-order valence-electron chi connectivity index (χ1n) is 14.8. The van der Waals surface area contributed by atoms with Crippen LogP contribution in [0.3, 0.4) is 0 Å². The molecule has 3 aromatic heterocycles. The van der Waals surface area contributed by atoms with Gasteiger partial charge in [-0.3, -0.25) is 9.36 Å². The monoisotopic (exact) mass is 648 g/mol. The van der Waals surface area contributed by atoms with Gasteiger partial charge in [0.2, 0.25) is 11.8 Å². The number of benzene rings is 2. The van der Waals surface area contributed by atoms with Crippen LogP contribution in [0.4, 0.5) is 11.8 Å². The summed E-state index contributed by atoms with van der Waals surface area (Å²) in [5.41, 5.74) is 2.80. The van der Waals surface area contributed by atoms with Crippen molar-refractivity contribution in [2.75, 3.05) is 36.4 Å². The van der Waals surface area contributed by atoms with Crippen LogP contribution in [0.1, 0.15) is 29.3 Å². The molecule has 47 heavy (non-hydrogen) atoms. The lowest BCUT2D eigenvalue weighted by molar-refractivity contribution is -0.122. The van der Waals surface area contributed by atoms with Crippen LogP contribution in [0.5, 0.6) is 0 Å². The van der Waals surface area contributed by atoms with Gasteiger partial charge in [0.05, 0.1) is 13.4 Å². The number of tetrazole rings is 1. The summed E-state index contributed by atoms with van der Waals surface area (Å²) < 4.78 is 7.57. The molecule has 0 aliphatic carbocycles. The fourth-order valence-corrected chi connectivity index (χ4v) is 5.25. The molecule has 0 amide bonds. The number of fused-ring (bicyclic) bond motifs is 1. The molecule has 5 aromatic rings. The van der Waals surface area contributed by atoms with Crippen molar-refractivity contribution in [3.8, 4) is 0 Å². The molecule has 0 spiro atoms. The van der Waals surface area contributed by atoms with E-state index in [-0.39, 0.29) is 37.4 Å². The zero-order valence-corrected chi connectivity index (χ0v) is 25.5. The number of hydrogen-bond acceptors (Lipinski definition) is 14. The first kappa shape index (κ1) is 33.3. The number of nitrogens with zero attached hydrogens (tertiary/aromatic N) is 10. The highest BCUT2D eigenvalue weighted by Crippen LogP contribution is 2.39. The summed E-state index contributed by atoms with van der Waals surface area (Å²) in [6.45, 7) is -0.138. The number of carbonyl (C=O) groups is 1. The number of rotatable bonds is 12. The lowest BCUT2D eigenvalue weighted by atomic mass is 10.1. The van der Waals surface area contributed by atoms with E-state index in [4.69, 9.17) is 24.6 Å². The van der Waals surface area contributed by atoms with Gasteiger partial charge in [0.1, 0.15) is 25.7 Å². The average Bonchev–Trinajstić information content (AvgIpc) is 3.80. The average molecular weight is 649 g/mol. The second-order valence-electron chi connectivity index (χ2n) is 10.6. The summed E-state index contributed by atoms with van der Waals surface area (Å²) in [6, 6.07) is 19.7. The molecule has 5 N–H and O–H groups in total. The molecule has 1 saturated heterocycles. The van der Waals surface area contributed by atoms with Crippen molar-refractivity contribution in [1.29, 1.82) is 0 Å². The maximum atomic E-state index is 11.0. The Kier molecular flexibility index (Phi) is 11.0. The molecule has 0 radical (unpaired) electrons. The van der Waals surface area contributed by atoms with Crippen LogP contribution in [-0.4, -0.2) is 110 Å². The molecule has 4 heterocycles. The second kappa shape index (κ2) is 15.5. The second-order valence-corrected chi connectivity index (χ2v) is 10.6. The number of aliphatic hydroxyl groups is 4. The topological polar surface area (TPSA) is 221 Å². The molecule has 0 unspecified atom stereocenters. The highest BCUT2D eigenvalue weighted by molar-refractivity contribution is 5.85. The van der Waals surface area contributed by atoms with Crippen LogP contribution in [0.25, 0.3) is 11.2 Å². The van der Waals surface area contributed by atoms with Crippen molar-refractivity contribution in [3.05, 3.63) is 83.9 Å². The quantitative estimate of drug-likeness (QED) is 0.0890. The Morgan fingerprint density at radius 2 is 1.49 bits per heavy atom. The molecular formula is C30H36N10O7. The van der Waals surface area contributed by atoms with E-state index in [1.165, 1.54) is 15.7 Å². The third-order valence-corrected chi connectivity index (χ3v) is 7.63. The van der Waals surface area contributed by atoms with Crippen LogP contribution in [0.2, 0.25) is 0 Å². The summed E-state index contributed by atoms with van der Waals surface area (Å²) in [6.07, 6.45) is -2.16. The van der Waals surface area contributed by atoms with Crippen molar-refractivity contribution in [2.24, 2.45) is 7.05 Å². The number of aliphatic hydroxyl groups excluding tert-OH is 4. The normalized spacial score (nSPS) is 18.9. The van der Waals surface area contributed by atoms with Gasteiger partial charge in [0.15, 0.2) is 29.3 Å². The molecular weight excluding hydrogens is 612 g/mol. The van der Waals surface area contributed by atoms with Crippen LogP contribution in [0, 0.1) is 0 Å². The third kappa shape index (κ3) is 7.50. The van der Waals surface area contributed by atoms with Crippen LogP contribution in [-0.2, 0) is 29.4 Å². The third-order valence-electron chi connectivity index (χ3n) is 7.63. The Labute approximate surface area is 268 Å². The van der Waals surface area contributed by atoms with Crippen LogP contribution < -0.4 is 9.80 Å².